The van der Waals surface area contributed by atoms with E-state index in [-0.39, 0.29) is 0 Å². The minimum atomic E-state index is 1.44. The maximum atomic E-state index is 1.84. The van der Waals surface area contributed by atoms with Gasteiger partial charge in [0.25, 0.3) is 0 Å². The normalized spacial score (nSPS) is 26.4. The lowest BCUT2D eigenvalue weighted by molar-refractivity contribution is 0.558. The molecule has 0 heteroatoms. The summed E-state index contributed by atoms with van der Waals surface area (Å²) in [4.78, 5) is 0. The lowest BCUT2D eigenvalue weighted by Gasteiger charge is -2.24. The average Bonchev–Trinajstić information content (AvgIpc) is 2.05. The van der Waals surface area contributed by atoms with Crippen LogP contribution in [-0.2, 0) is 0 Å². The van der Waals surface area contributed by atoms with Crippen molar-refractivity contribution >= 4 is 0 Å². The van der Waals surface area contributed by atoms with E-state index in [0.717, 1.165) is 0 Å². The van der Waals surface area contributed by atoms with E-state index in [2.05, 4.69) is 0 Å². The van der Waals surface area contributed by atoms with Crippen molar-refractivity contribution in [2.45, 2.75) is 51.4 Å². The molecule has 0 fully saturated rings. The van der Waals surface area contributed by atoms with Crippen molar-refractivity contribution in [2.24, 2.45) is 0 Å². The third-order valence-corrected chi connectivity index (χ3v) is 2.91. The Morgan fingerprint density at radius 2 is 0.800 bits per heavy atom. The van der Waals surface area contributed by atoms with Gasteiger partial charge in [0.15, 0.2) is 0 Å². The van der Waals surface area contributed by atoms with Gasteiger partial charge in [0.05, 0.1) is 0 Å². The van der Waals surface area contributed by atoms with E-state index in [0.29, 0.717) is 0 Å². The summed E-state index contributed by atoms with van der Waals surface area (Å²) in [6.45, 7) is 0. The van der Waals surface area contributed by atoms with Crippen molar-refractivity contribution < 1.29 is 0 Å². The van der Waals surface area contributed by atoms with Crippen LogP contribution in [0.5, 0.6) is 0 Å². The van der Waals surface area contributed by atoms with Crippen LogP contribution >= 0.6 is 0 Å². The molecule has 0 unspecified atom stereocenters. The van der Waals surface area contributed by atoms with Gasteiger partial charge in [0, 0.05) is 0 Å². The molecule has 0 amide bonds. The number of hydrogen-bond acceptors (Lipinski definition) is 0. The van der Waals surface area contributed by atoms with Crippen molar-refractivity contribution in [3.05, 3.63) is 11.1 Å². The second-order valence-electron chi connectivity index (χ2n) is 3.62. The molecule has 0 N–H and O–H groups in total. The molecule has 0 aliphatic heterocycles. The molecule has 2 aliphatic rings. The molecule has 56 valence electrons. The molecule has 0 saturated carbocycles. The highest BCUT2D eigenvalue weighted by molar-refractivity contribution is 5.19. The van der Waals surface area contributed by atoms with E-state index < -0.39 is 0 Å². The van der Waals surface area contributed by atoms with E-state index in [1.807, 2.05) is 11.1 Å². The summed E-state index contributed by atoms with van der Waals surface area (Å²) in [5.74, 6) is 0. The van der Waals surface area contributed by atoms with Gasteiger partial charge >= 0.3 is 0 Å². The van der Waals surface area contributed by atoms with Crippen molar-refractivity contribution in [1.29, 1.82) is 0 Å². The fourth-order valence-corrected chi connectivity index (χ4v) is 2.31. The van der Waals surface area contributed by atoms with Crippen LogP contribution in [0.25, 0.3) is 0 Å². The molecule has 0 aromatic rings. The molecule has 0 bridgehead atoms. The maximum Gasteiger partial charge on any atom is -0.0318 e. The zero-order valence-electron chi connectivity index (χ0n) is 6.66. The lowest BCUT2D eigenvalue weighted by atomic mass is 9.82. The largest absolute Gasteiger partial charge is 0.0710 e. The van der Waals surface area contributed by atoms with Gasteiger partial charge in [0.2, 0.25) is 0 Å². The SMILES string of the molecule is C1CCC2=C(C1)CCCC2. The lowest BCUT2D eigenvalue weighted by Crippen LogP contribution is -2.04. The third-order valence-electron chi connectivity index (χ3n) is 2.91. The Labute approximate surface area is 63.3 Å². The monoisotopic (exact) mass is 136 g/mol. The summed E-state index contributed by atoms with van der Waals surface area (Å²) in [5.41, 5.74) is 3.69. The van der Waals surface area contributed by atoms with E-state index >= 15 is 0 Å². The van der Waals surface area contributed by atoms with Crippen LogP contribution < -0.4 is 0 Å². The highest BCUT2D eigenvalue weighted by Crippen LogP contribution is 2.34. The van der Waals surface area contributed by atoms with Gasteiger partial charge in [-0.1, -0.05) is 11.1 Å². The Morgan fingerprint density at radius 3 is 1.10 bits per heavy atom. The van der Waals surface area contributed by atoms with Crippen molar-refractivity contribution in [3.8, 4) is 0 Å². The average molecular weight is 136 g/mol. The van der Waals surface area contributed by atoms with Crippen LogP contribution in [-0.4, -0.2) is 0 Å². The zero-order valence-corrected chi connectivity index (χ0v) is 6.66. The molecule has 2 rings (SSSR count). The van der Waals surface area contributed by atoms with Gasteiger partial charge in [0.1, 0.15) is 0 Å². The van der Waals surface area contributed by atoms with Crippen molar-refractivity contribution in [2.75, 3.05) is 0 Å². The fraction of sp³-hybridized carbons (Fsp3) is 0.800. The first-order chi connectivity index (χ1) is 4.97. The van der Waals surface area contributed by atoms with E-state index in [9.17, 15) is 0 Å². The second kappa shape index (κ2) is 2.77. The minimum Gasteiger partial charge on any atom is -0.0710 e. The Balaban J connectivity index is 2.14. The van der Waals surface area contributed by atoms with Crippen LogP contribution in [0.1, 0.15) is 51.4 Å². The van der Waals surface area contributed by atoms with Crippen LogP contribution in [0.2, 0.25) is 0 Å². The molecule has 10 heavy (non-hydrogen) atoms. The Morgan fingerprint density at radius 1 is 0.500 bits per heavy atom. The Kier molecular flexibility index (Phi) is 1.79. The zero-order chi connectivity index (χ0) is 6.81. The van der Waals surface area contributed by atoms with Crippen LogP contribution in [0, 0.1) is 0 Å². The third kappa shape index (κ3) is 1.12. The topological polar surface area (TPSA) is 0 Å². The Bertz CT molecular complexity index is 119. The van der Waals surface area contributed by atoms with Crippen LogP contribution in [0.4, 0.5) is 0 Å². The second-order valence-corrected chi connectivity index (χ2v) is 3.62. The molecule has 0 atom stereocenters. The van der Waals surface area contributed by atoms with Crippen molar-refractivity contribution in [1.82, 2.24) is 0 Å². The molecule has 0 saturated heterocycles. The summed E-state index contributed by atoms with van der Waals surface area (Å²) in [6, 6.07) is 0. The molecule has 0 aromatic carbocycles. The predicted octanol–water partition coefficient (Wildman–Crippen LogP) is 3.43. The first-order valence-corrected chi connectivity index (χ1v) is 4.66. The first kappa shape index (κ1) is 6.45. The molecule has 0 spiro atoms. The standard InChI is InChI=1S/C10H16/c1-2-6-10-8-4-3-7-9(10)5-1/h1-8H2. The fourth-order valence-electron chi connectivity index (χ4n) is 2.31. The van der Waals surface area contributed by atoms with Gasteiger partial charge in [-0.3, -0.25) is 0 Å². The molecule has 0 aromatic heterocycles. The minimum absolute atomic E-state index is 1.44. The van der Waals surface area contributed by atoms with E-state index in [4.69, 9.17) is 0 Å². The molecule has 0 heterocycles. The highest BCUT2D eigenvalue weighted by Gasteiger charge is 2.15. The molecular formula is C10H16. The quantitative estimate of drug-likeness (QED) is 0.447. The molecule has 0 radical (unpaired) electrons. The van der Waals surface area contributed by atoms with Crippen LogP contribution in [0.15, 0.2) is 11.1 Å². The first-order valence-electron chi connectivity index (χ1n) is 4.66. The Hall–Kier alpha value is -0.260. The summed E-state index contributed by atoms with van der Waals surface area (Å²) in [7, 11) is 0. The van der Waals surface area contributed by atoms with Gasteiger partial charge in [-0.25, -0.2) is 0 Å². The highest BCUT2D eigenvalue weighted by atomic mass is 14.2. The molecule has 2 aliphatic carbocycles. The van der Waals surface area contributed by atoms with Gasteiger partial charge in [-0.2, -0.15) is 0 Å². The summed E-state index contributed by atoms with van der Waals surface area (Å²) in [6.07, 6.45) is 11.6. The number of allylic oxidation sites excluding steroid dienone is 2. The number of hydrogen-bond donors (Lipinski definition) is 0. The van der Waals surface area contributed by atoms with Gasteiger partial charge in [-0.15, -0.1) is 0 Å². The predicted molar refractivity (Wildman–Crippen MR) is 44.0 cm³/mol. The van der Waals surface area contributed by atoms with Gasteiger partial charge < -0.3 is 0 Å². The van der Waals surface area contributed by atoms with Gasteiger partial charge in [-0.05, 0) is 51.4 Å². The smallest absolute Gasteiger partial charge is 0.0318 e. The summed E-state index contributed by atoms with van der Waals surface area (Å²) in [5, 5.41) is 0. The van der Waals surface area contributed by atoms with E-state index in [1.165, 1.54) is 51.4 Å². The summed E-state index contributed by atoms with van der Waals surface area (Å²) < 4.78 is 0. The molecular weight excluding hydrogens is 120 g/mol. The van der Waals surface area contributed by atoms with Crippen LogP contribution in [0.3, 0.4) is 0 Å². The van der Waals surface area contributed by atoms with E-state index in [1.54, 1.807) is 0 Å². The van der Waals surface area contributed by atoms with Crippen molar-refractivity contribution in [3.63, 3.8) is 0 Å². The summed E-state index contributed by atoms with van der Waals surface area (Å²) >= 11 is 0. The number of rotatable bonds is 0. The maximum absolute atomic E-state index is 1.84. The molecule has 0 nitrogen and oxygen atoms in total.